The van der Waals surface area contributed by atoms with E-state index >= 15 is 0 Å². The molecule has 1 N–H and O–H groups in total. The van der Waals surface area contributed by atoms with Gasteiger partial charge in [0.1, 0.15) is 5.69 Å². The van der Waals surface area contributed by atoms with Crippen LogP contribution in [-0.2, 0) is 11.2 Å². The second-order valence-electron chi connectivity index (χ2n) is 4.76. The Bertz CT molecular complexity index is 622. The van der Waals surface area contributed by atoms with Crippen LogP contribution in [0.15, 0.2) is 28.8 Å². The van der Waals surface area contributed by atoms with E-state index in [1.807, 2.05) is 38.1 Å². The average Bonchev–Trinajstić information content (AvgIpc) is 2.79. The fourth-order valence-corrected chi connectivity index (χ4v) is 1.84. The fraction of sp³-hybridized carbons (Fsp3) is 0.333. The molecule has 4 heteroatoms. The molecule has 4 nitrogen and oxygen atoms in total. The zero-order valence-corrected chi connectivity index (χ0v) is 11.0. The molecule has 19 heavy (non-hydrogen) atoms. The third-order valence-corrected chi connectivity index (χ3v) is 2.94. The highest BCUT2D eigenvalue weighted by molar-refractivity contribution is 5.86. The van der Waals surface area contributed by atoms with Crippen LogP contribution < -0.4 is 5.32 Å². The van der Waals surface area contributed by atoms with Gasteiger partial charge in [0.25, 0.3) is 0 Å². The Balaban J connectivity index is 2.09. The van der Waals surface area contributed by atoms with E-state index in [2.05, 4.69) is 16.4 Å². The summed E-state index contributed by atoms with van der Waals surface area (Å²) in [5, 5.41) is 7.60. The standard InChI is InChI=1S/C15H16N2O2/c1-4-12(10(2)3)16-15(18)9-13-11-7-5-6-8-14(11)19-17-13/h1,5-8,10,12H,9H2,2-3H3,(H,16,18). The van der Waals surface area contributed by atoms with Crippen LogP contribution in [0.25, 0.3) is 11.0 Å². The number of benzene rings is 1. The number of para-hydroxylation sites is 1. The predicted octanol–water partition coefficient (Wildman–Crippen LogP) is 2.14. The Labute approximate surface area is 112 Å². The molecule has 0 fully saturated rings. The van der Waals surface area contributed by atoms with Gasteiger partial charge in [-0.1, -0.05) is 37.1 Å². The van der Waals surface area contributed by atoms with Crippen LogP contribution in [0, 0.1) is 18.3 Å². The van der Waals surface area contributed by atoms with Gasteiger partial charge < -0.3 is 9.84 Å². The summed E-state index contributed by atoms with van der Waals surface area (Å²) in [5.74, 6) is 2.63. The second-order valence-corrected chi connectivity index (χ2v) is 4.76. The number of nitrogens with one attached hydrogen (secondary N) is 1. The van der Waals surface area contributed by atoms with Crippen molar-refractivity contribution >= 4 is 16.9 Å². The summed E-state index contributed by atoms with van der Waals surface area (Å²) in [5.41, 5.74) is 1.32. The number of carbonyl (C=O) groups is 1. The number of fused-ring (bicyclic) bond motifs is 1. The van der Waals surface area contributed by atoms with Gasteiger partial charge in [0.2, 0.25) is 5.91 Å². The van der Waals surface area contributed by atoms with Crippen molar-refractivity contribution in [3.63, 3.8) is 0 Å². The minimum absolute atomic E-state index is 0.143. The van der Waals surface area contributed by atoms with Gasteiger partial charge in [0, 0.05) is 5.39 Å². The number of hydrogen-bond donors (Lipinski definition) is 1. The molecular formula is C15H16N2O2. The number of amides is 1. The number of hydrogen-bond acceptors (Lipinski definition) is 3. The maximum absolute atomic E-state index is 11.9. The molecule has 0 aliphatic carbocycles. The van der Waals surface area contributed by atoms with Crippen LogP contribution in [0.4, 0.5) is 0 Å². The molecular weight excluding hydrogens is 240 g/mol. The van der Waals surface area contributed by atoms with Crippen LogP contribution in [0.2, 0.25) is 0 Å². The van der Waals surface area contributed by atoms with Gasteiger partial charge >= 0.3 is 0 Å². The average molecular weight is 256 g/mol. The van der Waals surface area contributed by atoms with Gasteiger partial charge in [0.05, 0.1) is 12.5 Å². The Morgan fingerprint density at radius 2 is 2.21 bits per heavy atom. The summed E-state index contributed by atoms with van der Waals surface area (Å²) in [6, 6.07) is 7.20. The van der Waals surface area contributed by atoms with Gasteiger partial charge in [-0.15, -0.1) is 6.42 Å². The largest absolute Gasteiger partial charge is 0.356 e. The fourth-order valence-electron chi connectivity index (χ4n) is 1.84. The molecule has 0 bridgehead atoms. The number of aromatic nitrogens is 1. The van der Waals surface area contributed by atoms with E-state index in [-0.39, 0.29) is 24.3 Å². The predicted molar refractivity (Wildman–Crippen MR) is 73.3 cm³/mol. The Morgan fingerprint density at radius 3 is 2.89 bits per heavy atom. The van der Waals surface area contributed by atoms with Crippen LogP contribution in [0.5, 0.6) is 0 Å². The van der Waals surface area contributed by atoms with Crippen molar-refractivity contribution < 1.29 is 9.32 Å². The maximum atomic E-state index is 11.9. The van der Waals surface area contributed by atoms with E-state index in [0.29, 0.717) is 11.3 Å². The van der Waals surface area contributed by atoms with Crippen molar-refractivity contribution in [1.82, 2.24) is 10.5 Å². The van der Waals surface area contributed by atoms with Crippen molar-refractivity contribution in [3.8, 4) is 12.3 Å². The highest BCUT2D eigenvalue weighted by atomic mass is 16.5. The normalized spacial score (nSPS) is 12.3. The molecule has 1 unspecified atom stereocenters. The molecule has 1 aromatic carbocycles. The summed E-state index contributed by atoms with van der Waals surface area (Å²) in [6.07, 6.45) is 5.56. The second kappa shape index (κ2) is 5.57. The zero-order chi connectivity index (χ0) is 13.8. The third-order valence-electron chi connectivity index (χ3n) is 2.94. The SMILES string of the molecule is C#CC(NC(=O)Cc1noc2ccccc12)C(C)C. The molecule has 0 aliphatic heterocycles. The van der Waals surface area contributed by atoms with Crippen molar-refractivity contribution in [2.75, 3.05) is 0 Å². The summed E-state index contributed by atoms with van der Waals surface area (Å²) in [6.45, 7) is 3.94. The first-order chi connectivity index (χ1) is 9.11. The molecule has 1 atom stereocenters. The van der Waals surface area contributed by atoms with E-state index < -0.39 is 0 Å². The monoisotopic (exact) mass is 256 g/mol. The van der Waals surface area contributed by atoms with Crippen molar-refractivity contribution in [1.29, 1.82) is 0 Å². The van der Waals surface area contributed by atoms with Crippen molar-refractivity contribution in [2.45, 2.75) is 26.3 Å². The first-order valence-electron chi connectivity index (χ1n) is 6.20. The minimum atomic E-state index is -0.259. The first-order valence-corrected chi connectivity index (χ1v) is 6.20. The van der Waals surface area contributed by atoms with Crippen molar-refractivity contribution in [2.24, 2.45) is 5.92 Å². The lowest BCUT2D eigenvalue weighted by atomic mass is 10.1. The van der Waals surface area contributed by atoms with E-state index in [9.17, 15) is 4.79 Å². The zero-order valence-electron chi connectivity index (χ0n) is 11.0. The Morgan fingerprint density at radius 1 is 1.47 bits per heavy atom. The van der Waals surface area contributed by atoms with Crippen LogP contribution in [0.1, 0.15) is 19.5 Å². The Hall–Kier alpha value is -2.28. The Kier molecular flexibility index (Phi) is 3.86. The van der Waals surface area contributed by atoms with Gasteiger partial charge in [-0.25, -0.2) is 0 Å². The highest BCUT2D eigenvalue weighted by Gasteiger charge is 2.16. The topological polar surface area (TPSA) is 55.1 Å². The van der Waals surface area contributed by atoms with E-state index in [1.165, 1.54) is 0 Å². The van der Waals surface area contributed by atoms with Gasteiger partial charge in [0.15, 0.2) is 5.58 Å². The lowest BCUT2D eigenvalue weighted by molar-refractivity contribution is -0.121. The quantitative estimate of drug-likeness (QED) is 0.853. The van der Waals surface area contributed by atoms with Crippen LogP contribution in [0.3, 0.4) is 0 Å². The lowest BCUT2D eigenvalue weighted by Gasteiger charge is -2.15. The summed E-state index contributed by atoms with van der Waals surface area (Å²) < 4.78 is 5.16. The molecule has 98 valence electrons. The molecule has 0 saturated heterocycles. The molecule has 0 radical (unpaired) electrons. The molecule has 2 rings (SSSR count). The van der Waals surface area contributed by atoms with Gasteiger partial charge in [-0.2, -0.15) is 0 Å². The van der Waals surface area contributed by atoms with Crippen molar-refractivity contribution in [3.05, 3.63) is 30.0 Å². The summed E-state index contributed by atoms with van der Waals surface area (Å²) >= 11 is 0. The number of terminal acetylenes is 1. The van der Waals surface area contributed by atoms with E-state index in [1.54, 1.807) is 0 Å². The maximum Gasteiger partial charge on any atom is 0.227 e. The molecule has 2 aromatic rings. The number of carbonyl (C=O) groups excluding carboxylic acids is 1. The molecule has 1 amide bonds. The van der Waals surface area contributed by atoms with Gasteiger partial charge in [-0.3, -0.25) is 4.79 Å². The first kappa shape index (κ1) is 13.2. The van der Waals surface area contributed by atoms with Gasteiger partial charge in [-0.05, 0) is 18.1 Å². The number of nitrogens with zero attached hydrogens (tertiary/aromatic N) is 1. The third kappa shape index (κ3) is 2.94. The van der Waals surface area contributed by atoms with Crippen LogP contribution >= 0.6 is 0 Å². The van der Waals surface area contributed by atoms with Crippen LogP contribution in [-0.4, -0.2) is 17.1 Å². The number of rotatable bonds is 4. The molecule has 0 spiro atoms. The highest BCUT2D eigenvalue weighted by Crippen LogP contribution is 2.18. The summed E-state index contributed by atoms with van der Waals surface area (Å²) in [4.78, 5) is 11.9. The van der Waals surface area contributed by atoms with E-state index in [0.717, 1.165) is 5.39 Å². The molecule has 0 saturated carbocycles. The smallest absolute Gasteiger partial charge is 0.227 e. The molecule has 1 heterocycles. The lowest BCUT2D eigenvalue weighted by Crippen LogP contribution is -2.38. The summed E-state index contributed by atoms with van der Waals surface area (Å²) in [7, 11) is 0. The molecule has 1 aromatic heterocycles. The minimum Gasteiger partial charge on any atom is -0.356 e. The molecule has 0 aliphatic rings. The van der Waals surface area contributed by atoms with E-state index in [4.69, 9.17) is 10.9 Å².